The van der Waals surface area contributed by atoms with Crippen molar-refractivity contribution in [2.75, 3.05) is 0 Å². The van der Waals surface area contributed by atoms with Crippen LogP contribution in [0.5, 0.6) is 0 Å². The Balaban J connectivity index is 2.37. The summed E-state index contributed by atoms with van der Waals surface area (Å²) in [4.78, 5) is 26.2. The lowest BCUT2D eigenvalue weighted by Gasteiger charge is -2.02. The smallest absolute Gasteiger partial charge is 0.336 e. The van der Waals surface area contributed by atoms with Crippen molar-refractivity contribution in [3.8, 4) is 0 Å². The molecule has 0 aliphatic carbocycles. The van der Waals surface area contributed by atoms with Crippen molar-refractivity contribution >= 4 is 39.8 Å². The summed E-state index contributed by atoms with van der Waals surface area (Å²) in [5.74, 6) is -2.37. The van der Waals surface area contributed by atoms with Gasteiger partial charge in [0.15, 0.2) is 0 Å². The van der Waals surface area contributed by atoms with Crippen LogP contribution in [0.4, 0.5) is 5.69 Å². The monoisotopic (exact) mass is 347 g/mol. The minimum atomic E-state index is -1.20. The Morgan fingerprint density at radius 2 is 1.67 bits per heavy atom. The molecule has 0 aliphatic heterocycles. The molecule has 2 rings (SSSR count). The van der Waals surface area contributed by atoms with Gasteiger partial charge in [0, 0.05) is 16.3 Å². The predicted octanol–water partition coefficient (Wildman–Crippen LogP) is 3.60. The quantitative estimate of drug-likeness (QED) is 0.827. The van der Waals surface area contributed by atoms with Gasteiger partial charge in [0.25, 0.3) is 0 Å². The van der Waals surface area contributed by atoms with E-state index in [0.29, 0.717) is 11.3 Å². The SMILES string of the molecule is O=C(O)c1ccc(/C=N/c2ccc(Br)cc2)c(C(=O)O)c1. The van der Waals surface area contributed by atoms with Crippen LogP contribution in [0, 0.1) is 0 Å². The van der Waals surface area contributed by atoms with Crippen molar-refractivity contribution < 1.29 is 19.8 Å². The van der Waals surface area contributed by atoms with E-state index in [1.54, 1.807) is 12.1 Å². The van der Waals surface area contributed by atoms with Crippen LogP contribution < -0.4 is 0 Å². The normalized spacial score (nSPS) is 10.7. The molecule has 0 spiro atoms. The van der Waals surface area contributed by atoms with E-state index in [-0.39, 0.29) is 11.1 Å². The first-order valence-corrected chi connectivity index (χ1v) is 6.67. The highest BCUT2D eigenvalue weighted by Crippen LogP contribution is 2.18. The van der Waals surface area contributed by atoms with Crippen molar-refractivity contribution in [3.63, 3.8) is 0 Å². The van der Waals surface area contributed by atoms with Crippen LogP contribution in [0.3, 0.4) is 0 Å². The average Bonchev–Trinajstić information content (AvgIpc) is 2.46. The minimum Gasteiger partial charge on any atom is -0.478 e. The largest absolute Gasteiger partial charge is 0.478 e. The molecule has 0 radical (unpaired) electrons. The van der Waals surface area contributed by atoms with E-state index in [2.05, 4.69) is 20.9 Å². The van der Waals surface area contributed by atoms with Gasteiger partial charge >= 0.3 is 11.9 Å². The number of nitrogens with zero attached hydrogens (tertiary/aromatic N) is 1. The van der Waals surface area contributed by atoms with E-state index in [9.17, 15) is 9.59 Å². The molecular formula is C15H10BrNO4. The lowest BCUT2D eigenvalue weighted by Crippen LogP contribution is -2.05. The zero-order valence-corrected chi connectivity index (χ0v) is 12.2. The molecule has 5 nitrogen and oxygen atoms in total. The maximum atomic E-state index is 11.2. The molecule has 0 saturated carbocycles. The Hall–Kier alpha value is -2.47. The number of aromatic carboxylic acids is 2. The molecule has 6 heteroatoms. The standard InChI is InChI=1S/C15H10BrNO4/c16-11-3-5-12(6-4-11)17-8-10-2-1-9(14(18)19)7-13(10)15(20)21/h1-8H,(H,18,19)(H,20,21)/b17-8+. The number of rotatable bonds is 4. The first-order chi connectivity index (χ1) is 9.97. The van der Waals surface area contributed by atoms with Gasteiger partial charge in [-0.3, -0.25) is 4.99 Å². The van der Waals surface area contributed by atoms with E-state index in [4.69, 9.17) is 10.2 Å². The Morgan fingerprint density at radius 1 is 1.00 bits per heavy atom. The zero-order chi connectivity index (χ0) is 15.4. The van der Waals surface area contributed by atoms with Crippen molar-refractivity contribution in [3.05, 3.63) is 63.6 Å². The number of hydrogen-bond donors (Lipinski definition) is 2. The molecule has 0 unspecified atom stereocenters. The summed E-state index contributed by atoms with van der Waals surface area (Å²) in [6.07, 6.45) is 1.40. The predicted molar refractivity (Wildman–Crippen MR) is 81.8 cm³/mol. The Labute approximate surface area is 128 Å². The fourth-order valence-corrected chi connectivity index (χ4v) is 1.92. The number of carboxylic acids is 2. The van der Waals surface area contributed by atoms with Crippen molar-refractivity contribution in [2.45, 2.75) is 0 Å². The molecule has 2 aromatic rings. The van der Waals surface area contributed by atoms with Gasteiger partial charge in [-0.1, -0.05) is 22.0 Å². The van der Waals surface area contributed by atoms with E-state index >= 15 is 0 Å². The Kier molecular flexibility index (Phi) is 4.49. The number of benzene rings is 2. The third kappa shape index (κ3) is 3.76. The van der Waals surface area contributed by atoms with Gasteiger partial charge in [-0.2, -0.15) is 0 Å². The van der Waals surface area contributed by atoms with Crippen molar-refractivity contribution in [1.29, 1.82) is 0 Å². The first kappa shape index (κ1) is 14.9. The molecule has 106 valence electrons. The second-order valence-corrected chi connectivity index (χ2v) is 5.06. The van der Waals surface area contributed by atoms with Gasteiger partial charge in [0.2, 0.25) is 0 Å². The topological polar surface area (TPSA) is 87.0 Å². The van der Waals surface area contributed by atoms with E-state index < -0.39 is 11.9 Å². The molecule has 0 amide bonds. The number of carbonyl (C=O) groups is 2. The van der Waals surface area contributed by atoms with Gasteiger partial charge in [0.1, 0.15) is 0 Å². The molecule has 0 heterocycles. The summed E-state index contributed by atoms with van der Waals surface area (Å²) < 4.78 is 0.915. The third-order valence-electron chi connectivity index (χ3n) is 2.71. The number of halogens is 1. The number of hydrogen-bond acceptors (Lipinski definition) is 3. The van der Waals surface area contributed by atoms with E-state index in [0.717, 1.165) is 10.5 Å². The summed E-state index contributed by atoms with van der Waals surface area (Å²) in [7, 11) is 0. The highest BCUT2D eigenvalue weighted by Gasteiger charge is 2.12. The number of aliphatic imine (C=N–C) groups is 1. The summed E-state index contributed by atoms with van der Waals surface area (Å²) >= 11 is 3.31. The molecule has 21 heavy (non-hydrogen) atoms. The molecule has 0 bridgehead atoms. The van der Waals surface area contributed by atoms with Crippen LogP contribution in [0.2, 0.25) is 0 Å². The van der Waals surface area contributed by atoms with Gasteiger partial charge < -0.3 is 10.2 Å². The molecule has 0 aromatic heterocycles. The summed E-state index contributed by atoms with van der Waals surface area (Å²) in [5, 5.41) is 18.0. The minimum absolute atomic E-state index is 0.0757. The van der Waals surface area contributed by atoms with E-state index in [1.165, 1.54) is 18.3 Å². The molecule has 0 fully saturated rings. The van der Waals surface area contributed by atoms with Gasteiger partial charge in [-0.05, 0) is 36.4 Å². The van der Waals surface area contributed by atoms with Crippen molar-refractivity contribution in [1.82, 2.24) is 0 Å². The molecule has 0 atom stereocenters. The lowest BCUT2D eigenvalue weighted by molar-refractivity contribution is 0.0695. The van der Waals surface area contributed by atoms with E-state index in [1.807, 2.05) is 12.1 Å². The zero-order valence-electron chi connectivity index (χ0n) is 10.7. The first-order valence-electron chi connectivity index (χ1n) is 5.87. The summed E-state index contributed by atoms with van der Waals surface area (Å²) in [6.45, 7) is 0. The maximum Gasteiger partial charge on any atom is 0.336 e. The van der Waals surface area contributed by atoms with Gasteiger partial charge in [-0.15, -0.1) is 0 Å². The Morgan fingerprint density at radius 3 is 2.24 bits per heavy atom. The van der Waals surface area contributed by atoms with Crippen LogP contribution >= 0.6 is 15.9 Å². The van der Waals surface area contributed by atoms with Crippen LogP contribution in [0.1, 0.15) is 26.3 Å². The molecule has 2 N–H and O–H groups in total. The highest BCUT2D eigenvalue weighted by molar-refractivity contribution is 9.10. The molecular weight excluding hydrogens is 338 g/mol. The summed E-state index contributed by atoms with van der Waals surface area (Å²) in [5.41, 5.74) is 0.830. The van der Waals surface area contributed by atoms with Crippen molar-refractivity contribution in [2.24, 2.45) is 4.99 Å². The van der Waals surface area contributed by atoms with Crippen LogP contribution in [0.25, 0.3) is 0 Å². The lowest BCUT2D eigenvalue weighted by atomic mass is 10.0. The van der Waals surface area contributed by atoms with Gasteiger partial charge in [0.05, 0.1) is 16.8 Å². The second-order valence-electron chi connectivity index (χ2n) is 4.15. The van der Waals surface area contributed by atoms with Crippen LogP contribution in [-0.4, -0.2) is 28.4 Å². The Bertz CT molecular complexity index is 723. The second kappa shape index (κ2) is 6.32. The molecule has 0 aliphatic rings. The fraction of sp³-hybridized carbons (Fsp3) is 0. The summed E-state index contributed by atoms with van der Waals surface area (Å²) in [6, 6.07) is 11.1. The molecule has 2 aromatic carbocycles. The number of carboxylic acid groups (broad SMARTS) is 2. The third-order valence-corrected chi connectivity index (χ3v) is 3.24. The fourth-order valence-electron chi connectivity index (χ4n) is 1.66. The molecule has 0 saturated heterocycles. The maximum absolute atomic E-state index is 11.2. The van der Waals surface area contributed by atoms with Crippen LogP contribution in [-0.2, 0) is 0 Å². The average molecular weight is 348 g/mol. The van der Waals surface area contributed by atoms with Crippen LogP contribution in [0.15, 0.2) is 51.9 Å². The van der Waals surface area contributed by atoms with Gasteiger partial charge in [-0.25, -0.2) is 9.59 Å². The highest BCUT2D eigenvalue weighted by atomic mass is 79.9.